The van der Waals surface area contributed by atoms with Crippen LogP contribution in [0.2, 0.25) is 0 Å². The number of rotatable bonds is 17. The van der Waals surface area contributed by atoms with Crippen molar-refractivity contribution in [2.75, 3.05) is 0 Å². The maximum atomic E-state index is 13.9. The quantitative estimate of drug-likeness (QED) is 0.141. The van der Waals surface area contributed by atoms with Crippen molar-refractivity contribution in [2.24, 2.45) is 17.6 Å². The Morgan fingerprint density at radius 1 is 0.978 bits per heavy atom. The van der Waals surface area contributed by atoms with E-state index in [0.717, 1.165) is 31.2 Å². The first-order chi connectivity index (χ1) is 21.3. The summed E-state index contributed by atoms with van der Waals surface area (Å²) in [6, 6.07) is 6.63. The Labute approximate surface area is 267 Å². The number of aliphatic hydroxyl groups is 2. The molecule has 11 heteroatoms. The molecule has 1 aromatic carbocycles. The summed E-state index contributed by atoms with van der Waals surface area (Å²) in [5.41, 5.74) is 6.77. The molecule has 250 valence electrons. The Hall–Kier alpha value is -3.28. The molecule has 8 N–H and O–H groups in total. The first-order valence-corrected chi connectivity index (χ1v) is 16.4. The Kier molecular flexibility index (Phi) is 14.0. The molecule has 1 aliphatic carbocycles. The number of carbonyl (C=O) groups excluding carboxylic acids is 3. The normalized spacial score (nSPS) is 17.6. The molecule has 1 fully saturated rings. The molecule has 0 aliphatic heterocycles. The second-order valence-electron chi connectivity index (χ2n) is 13.9. The molecule has 3 amide bonds. The van der Waals surface area contributed by atoms with Crippen LogP contribution in [0.1, 0.15) is 90.3 Å². The summed E-state index contributed by atoms with van der Waals surface area (Å²) < 4.78 is 0. The number of aromatic nitrogens is 2. The second kappa shape index (κ2) is 17.4. The van der Waals surface area contributed by atoms with Gasteiger partial charge in [-0.05, 0) is 44.1 Å². The van der Waals surface area contributed by atoms with Crippen LogP contribution in [0.3, 0.4) is 0 Å². The van der Waals surface area contributed by atoms with Crippen LogP contribution in [0.5, 0.6) is 0 Å². The monoisotopic (exact) mass is 626 g/mol. The van der Waals surface area contributed by atoms with Gasteiger partial charge < -0.3 is 36.9 Å². The van der Waals surface area contributed by atoms with Gasteiger partial charge in [-0.3, -0.25) is 14.4 Å². The summed E-state index contributed by atoms with van der Waals surface area (Å²) in [7, 11) is 0. The molecule has 2 aromatic rings. The van der Waals surface area contributed by atoms with E-state index in [0.29, 0.717) is 24.5 Å². The van der Waals surface area contributed by atoms with E-state index in [1.807, 2.05) is 44.2 Å². The average molecular weight is 627 g/mol. The number of benzene rings is 1. The van der Waals surface area contributed by atoms with Crippen LogP contribution in [0, 0.1) is 11.8 Å². The SMILES string of the molecule is CC(C)C[C@H](O)[C@H](O)[C@H](CC1CCCCC1)NC(=O)[C@H](Cc1cnc[nH]1)NC(=O)[C@H](Cc1ccccc1)NC(=O)CC(C)(C)N. The summed E-state index contributed by atoms with van der Waals surface area (Å²) in [6.07, 6.45) is 7.58. The fraction of sp³-hybridized carbons (Fsp3) is 0.647. The lowest BCUT2D eigenvalue weighted by molar-refractivity contribution is -0.133. The number of carbonyl (C=O) groups is 3. The van der Waals surface area contributed by atoms with Crippen molar-refractivity contribution in [1.29, 1.82) is 0 Å². The van der Waals surface area contributed by atoms with Gasteiger partial charge in [-0.15, -0.1) is 0 Å². The first kappa shape index (κ1) is 36.2. The maximum Gasteiger partial charge on any atom is 0.243 e. The summed E-state index contributed by atoms with van der Waals surface area (Å²) in [6.45, 7) is 7.42. The van der Waals surface area contributed by atoms with Gasteiger partial charge in [0.25, 0.3) is 0 Å². The summed E-state index contributed by atoms with van der Waals surface area (Å²) in [5.74, 6) is -0.895. The molecule has 0 spiro atoms. The maximum absolute atomic E-state index is 13.9. The van der Waals surface area contributed by atoms with Crippen molar-refractivity contribution in [1.82, 2.24) is 25.9 Å². The number of nitrogens with two attached hydrogens (primary N) is 1. The number of aliphatic hydroxyl groups excluding tert-OH is 2. The molecule has 1 aromatic heterocycles. The van der Waals surface area contributed by atoms with Crippen molar-refractivity contribution >= 4 is 17.7 Å². The summed E-state index contributed by atoms with van der Waals surface area (Å²) in [5, 5.41) is 30.8. The van der Waals surface area contributed by atoms with E-state index in [4.69, 9.17) is 5.73 Å². The molecule has 0 saturated heterocycles. The minimum absolute atomic E-state index is 0.0169. The van der Waals surface area contributed by atoms with Crippen molar-refractivity contribution in [2.45, 2.75) is 128 Å². The van der Waals surface area contributed by atoms with Crippen LogP contribution in [0.25, 0.3) is 0 Å². The predicted octanol–water partition coefficient (Wildman–Crippen LogP) is 2.52. The topological polar surface area (TPSA) is 182 Å². The Morgan fingerprint density at radius 3 is 2.22 bits per heavy atom. The zero-order valence-electron chi connectivity index (χ0n) is 27.3. The summed E-state index contributed by atoms with van der Waals surface area (Å²) >= 11 is 0. The van der Waals surface area contributed by atoms with Gasteiger partial charge in [0.05, 0.1) is 18.5 Å². The number of nitrogens with zero attached hydrogens (tertiary/aromatic N) is 1. The Balaban J connectivity index is 1.83. The highest BCUT2D eigenvalue weighted by atomic mass is 16.3. The van der Waals surface area contributed by atoms with Gasteiger partial charge in [0.1, 0.15) is 18.2 Å². The molecular formula is C34H54N6O5. The number of amides is 3. The number of hydrogen-bond acceptors (Lipinski definition) is 7. The minimum Gasteiger partial charge on any atom is -0.390 e. The minimum atomic E-state index is -1.16. The number of hydrogen-bond donors (Lipinski definition) is 7. The molecular weight excluding hydrogens is 572 g/mol. The van der Waals surface area contributed by atoms with Gasteiger partial charge >= 0.3 is 0 Å². The van der Waals surface area contributed by atoms with Gasteiger partial charge in [0.15, 0.2) is 0 Å². The van der Waals surface area contributed by atoms with Crippen molar-refractivity contribution in [3.63, 3.8) is 0 Å². The molecule has 1 heterocycles. The van der Waals surface area contributed by atoms with Gasteiger partial charge in [-0.1, -0.05) is 76.3 Å². The van der Waals surface area contributed by atoms with E-state index in [-0.39, 0.29) is 31.1 Å². The lowest BCUT2D eigenvalue weighted by Gasteiger charge is -2.34. The van der Waals surface area contributed by atoms with Gasteiger partial charge in [0, 0.05) is 36.7 Å². The van der Waals surface area contributed by atoms with Crippen LogP contribution in [0.15, 0.2) is 42.9 Å². The third-order valence-electron chi connectivity index (χ3n) is 8.32. The molecule has 0 bridgehead atoms. The smallest absolute Gasteiger partial charge is 0.243 e. The Bertz CT molecular complexity index is 1180. The lowest BCUT2D eigenvalue weighted by atomic mass is 9.82. The predicted molar refractivity (Wildman–Crippen MR) is 174 cm³/mol. The average Bonchev–Trinajstić information content (AvgIpc) is 3.48. The Morgan fingerprint density at radius 2 is 1.62 bits per heavy atom. The van der Waals surface area contributed by atoms with Crippen LogP contribution in [-0.4, -0.2) is 73.8 Å². The van der Waals surface area contributed by atoms with Gasteiger partial charge in [-0.2, -0.15) is 0 Å². The molecule has 1 saturated carbocycles. The highest BCUT2D eigenvalue weighted by molar-refractivity contribution is 5.92. The van der Waals surface area contributed by atoms with Crippen molar-refractivity contribution < 1.29 is 24.6 Å². The number of imidazole rings is 1. The molecule has 45 heavy (non-hydrogen) atoms. The number of H-pyrrole nitrogens is 1. The third kappa shape index (κ3) is 12.9. The molecule has 0 radical (unpaired) electrons. The third-order valence-corrected chi connectivity index (χ3v) is 8.32. The van der Waals surface area contributed by atoms with E-state index in [2.05, 4.69) is 25.9 Å². The fourth-order valence-electron chi connectivity index (χ4n) is 6.06. The van der Waals surface area contributed by atoms with Gasteiger partial charge in [0.2, 0.25) is 17.7 Å². The molecule has 0 unspecified atom stereocenters. The van der Waals surface area contributed by atoms with E-state index in [1.54, 1.807) is 20.0 Å². The van der Waals surface area contributed by atoms with E-state index < -0.39 is 47.7 Å². The zero-order chi connectivity index (χ0) is 33.0. The standard InChI is InChI=1S/C34H54N6O5/c1-22(2)15-29(41)31(43)26(16-23-11-7-5-8-12-23)39-33(45)28(18-25-20-36-21-37-25)40-32(44)27(17-24-13-9-6-10-14-24)38-30(42)19-34(3,4)35/h6,9-10,13-14,20-23,26-29,31,41,43H,5,7-8,11-12,15-19,35H2,1-4H3,(H,36,37)(H,38,42)(H,39,45)(H,40,44)/t26-,27-,28-,29-,31+/m0/s1. The largest absolute Gasteiger partial charge is 0.390 e. The number of nitrogens with one attached hydrogen (secondary N) is 4. The fourth-order valence-corrected chi connectivity index (χ4v) is 6.06. The van der Waals surface area contributed by atoms with Crippen LogP contribution < -0.4 is 21.7 Å². The highest BCUT2D eigenvalue weighted by Crippen LogP contribution is 2.29. The summed E-state index contributed by atoms with van der Waals surface area (Å²) in [4.78, 5) is 47.7. The zero-order valence-corrected chi connectivity index (χ0v) is 27.3. The lowest BCUT2D eigenvalue weighted by Crippen LogP contribution is -2.58. The molecule has 3 rings (SSSR count). The van der Waals surface area contributed by atoms with Crippen LogP contribution in [-0.2, 0) is 27.2 Å². The molecule has 5 atom stereocenters. The second-order valence-corrected chi connectivity index (χ2v) is 13.9. The van der Waals surface area contributed by atoms with Crippen LogP contribution >= 0.6 is 0 Å². The van der Waals surface area contributed by atoms with E-state index >= 15 is 0 Å². The van der Waals surface area contributed by atoms with E-state index in [1.165, 1.54) is 12.7 Å². The molecule has 11 nitrogen and oxygen atoms in total. The van der Waals surface area contributed by atoms with E-state index in [9.17, 15) is 24.6 Å². The first-order valence-electron chi connectivity index (χ1n) is 16.4. The van der Waals surface area contributed by atoms with Crippen molar-refractivity contribution in [3.8, 4) is 0 Å². The number of aromatic amines is 1. The van der Waals surface area contributed by atoms with Gasteiger partial charge in [-0.25, -0.2) is 4.98 Å². The highest BCUT2D eigenvalue weighted by Gasteiger charge is 2.34. The van der Waals surface area contributed by atoms with Crippen LogP contribution in [0.4, 0.5) is 0 Å². The molecule has 1 aliphatic rings. The van der Waals surface area contributed by atoms with Crippen molar-refractivity contribution in [3.05, 3.63) is 54.1 Å².